The number of nitrogens with zero attached hydrogens (tertiary/aromatic N) is 3. The molecule has 24 heavy (non-hydrogen) atoms. The smallest absolute Gasteiger partial charge is 0.225 e. The van der Waals surface area contributed by atoms with Gasteiger partial charge in [0.1, 0.15) is 18.0 Å². The van der Waals surface area contributed by atoms with E-state index in [1.807, 2.05) is 11.8 Å². The average molecular weight is 348 g/mol. The van der Waals surface area contributed by atoms with Gasteiger partial charge in [0.15, 0.2) is 5.82 Å². The second-order valence-corrected chi connectivity index (χ2v) is 7.05. The van der Waals surface area contributed by atoms with Crippen molar-refractivity contribution in [1.29, 1.82) is 0 Å². The van der Waals surface area contributed by atoms with Gasteiger partial charge in [0.25, 0.3) is 0 Å². The number of aromatic amines is 1. The molecule has 2 aliphatic heterocycles. The number of nitrogens with one attached hydrogen (secondary N) is 1. The number of fused-ring (bicyclic) bond motifs is 1. The zero-order chi connectivity index (χ0) is 16.5. The van der Waals surface area contributed by atoms with Gasteiger partial charge in [-0.1, -0.05) is 0 Å². The van der Waals surface area contributed by atoms with Gasteiger partial charge >= 0.3 is 0 Å². The third-order valence-electron chi connectivity index (χ3n) is 4.45. The standard InChI is InChI=1S/C16H20N4O3S/c1-10-17-16(19-18-10)13-9-20(4-6-23-13)14(21)8-12-15-11(2-5-22-12)3-7-24-15/h3,7,12-13H,2,4-6,8-9H2,1H3,(H,17,18,19)/t12-,13+/m0/s1. The van der Waals surface area contributed by atoms with Gasteiger partial charge in [0, 0.05) is 11.4 Å². The fourth-order valence-electron chi connectivity index (χ4n) is 3.20. The van der Waals surface area contributed by atoms with Gasteiger partial charge in [-0.3, -0.25) is 9.89 Å². The number of H-pyrrole nitrogens is 1. The number of hydrogen-bond acceptors (Lipinski definition) is 6. The van der Waals surface area contributed by atoms with Crippen molar-refractivity contribution in [1.82, 2.24) is 20.1 Å². The summed E-state index contributed by atoms with van der Waals surface area (Å²) in [5.74, 6) is 1.46. The highest BCUT2D eigenvalue weighted by Crippen LogP contribution is 2.34. The van der Waals surface area contributed by atoms with E-state index < -0.39 is 0 Å². The lowest BCUT2D eigenvalue weighted by Gasteiger charge is -2.33. The van der Waals surface area contributed by atoms with Crippen LogP contribution in [-0.2, 0) is 20.7 Å². The zero-order valence-corrected chi connectivity index (χ0v) is 14.3. The predicted molar refractivity (Wildman–Crippen MR) is 87.7 cm³/mol. The number of amides is 1. The van der Waals surface area contributed by atoms with Crippen molar-refractivity contribution in [2.24, 2.45) is 0 Å². The minimum atomic E-state index is -0.266. The lowest BCUT2D eigenvalue weighted by atomic mass is 10.0. The van der Waals surface area contributed by atoms with E-state index in [-0.39, 0.29) is 18.1 Å². The van der Waals surface area contributed by atoms with Gasteiger partial charge in [0.05, 0.1) is 26.2 Å². The molecule has 0 bridgehead atoms. The summed E-state index contributed by atoms with van der Waals surface area (Å²) >= 11 is 1.68. The zero-order valence-electron chi connectivity index (χ0n) is 13.5. The highest BCUT2D eigenvalue weighted by molar-refractivity contribution is 7.10. The SMILES string of the molecule is Cc1nc([C@H]2CN(C(=O)C[C@@H]3OCCc4ccsc43)CCO2)n[nH]1. The first-order valence-corrected chi connectivity index (χ1v) is 9.05. The van der Waals surface area contributed by atoms with E-state index >= 15 is 0 Å². The van der Waals surface area contributed by atoms with Crippen LogP contribution in [0.15, 0.2) is 11.4 Å². The molecule has 0 spiro atoms. The third-order valence-corrected chi connectivity index (χ3v) is 5.50. The van der Waals surface area contributed by atoms with Crippen LogP contribution in [0, 0.1) is 6.92 Å². The van der Waals surface area contributed by atoms with Crippen molar-refractivity contribution in [3.05, 3.63) is 33.5 Å². The molecule has 2 aromatic heterocycles. The van der Waals surface area contributed by atoms with Gasteiger partial charge in [-0.05, 0) is 30.4 Å². The monoisotopic (exact) mass is 348 g/mol. The average Bonchev–Trinajstić information content (AvgIpc) is 3.24. The molecule has 4 rings (SSSR count). The van der Waals surface area contributed by atoms with E-state index in [1.54, 1.807) is 11.3 Å². The molecule has 0 unspecified atom stereocenters. The summed E-state index contributed by atoms with van der Waals surface area (Å²) in [4.78, 5) is 20.1. The second-order valence-electron chi connectivity index (χ2n) is 6.10. The van der Waals surface area contributed by atoms with Crippen molar-refractivity contribution in [2.45, 2.75) is 32.0 Å². The highest BCUT2D eigenvalue weighted by atomic mass is 32.1. The highest BCUT2D eigenvalue weighted by Gasteiger charge is 2.31. The molecule has 8 heteroatoms. The normalized spacial score (nSPS) is 24.0. The lowest BCUT2D eigenvalue weighted by molar-refractivity contribution is -0.142. The maximum Gasteiger partial charge on any atom is 0.225 e. The number of hydrogen-bond donors (Lipinski definition) is 1. The number of aryl methyl sites for hydroxylation is 1. The van der Waals surface area contributed by atoms with E-state index in [2.05, 4.69) is 26.6 Å². The number of rotatable bonds is 3. The first-order chi connectivity index (χ1) is 11.7. The Morgan fingerprint density at radius 1 is 1.46 bits per heavy atom. The van der Waals surface area contributed by atoms with Crippen LogP contribution in [0.25, 0.3) is 0 Å². The molecule has 0 aliphatic carbocycles. The number of carbonyl (C=O) groups is 1. The van der Waals surface area contributed by atoms with Crippen LogP contribution in [0.3, 0.4) is 0 Å². The van der Waals surface area contributed by atoms with E-state index in [0.29, 0.717) is 38.5 Å². The van der Waals surface area contributed by atoms with Crippen molar-refractivity contribution in [3.8, 4) is 0 Å². The Morgan fingerprint density at radius 2 is 2.38 bits per heavy atom. The van der Waals surface area contributed by atoms with Crippen LogP contribution < -0.4 is 0 Å². The Morgan fingerprint density at radius 3 is 3.21 bits per heavy atom. The van der Waals surface area contributed by atoms with Crippen LogP contribution in [0.5, 0.6) is 0 Å². The molecular weight excluding hydrogens is 328 g/mol. The van der Waals surface area contributed by atoms with Gasteiger partial charge in [-0.25, -0.2) is 4.98 Å². The maximum absolute atomic E-state index is 12.7. The van der Waals surface area contributed by atoms with Crippen LogP contribution in [0.1, 0.15) is 40.7 Å². The van der Waals surface area contributed by atoms with E-state index in [0.717, 1.165) is 12.2 Å². The molecule has 2 atom stereocenters. The van der Waals surface area contributed by atoms with E-state index in [9.17, 15) is 4.79 Å². The quantitative estimate of drug-likeness (QED) is 0.914. The Bertz CT molecular complexity index is 728. The molecule has 1 N–H and O–H groups in total. The van der Waals surface area contributed by atoms with Crippen molar-refractivity contribution in [3.63, 3.8) is 0 Å². The van der Waals surface area contributed by atoms with Gasteiger partial charge < -0.3 is 14.4 Å². The summed E-state index contributed by atoms with van der Waals surface area (Å²) in [6, 6.07) is 2.14. The van der Waals surface area contributed by atoms with Crippen LogP contribution in [0.2, 0.25) is 0 Å². The topological polar surface area (TPSA) is 80.3 Å². The first kappa shape index (κ1) is 15.7. The minimum absolute atomic E-state index is 0.0989. The Kier molecular flexibility index (Phi) is 4.34. The summed E-state index contributed by atoms with van der Waals surface area (Å²) in [6.07, 6.45) is 0.936. The van der Waals surface area contributed by atoms with Gasteiger partial charge in [-0.2, -0.15) is 5.10 Å². The Labute approximate surface area is 144 Å². The summed E-state index contributed by atoms with van der Waals surface area (Å²) in [5, 5.41) is 9.05. The Balaban J connectivity index is 1.42. The van der Waals surface area contributed by atoms with Crippen molar-refractivity contribution >= 4 is 17.2 Å². The number of aromatic nitrogens is 3. The molecule has 0 aromatic carbocycles. The molecule has 4 heterocycles. The summed E-state index contributed by atoms with van der Waals surface area (Å²) < 4.78 is 11.6. The molecule has 1 saturated heterocycles. The number of morpholine rings is 1. The molecule has 1 amide bonds. The first-order valence-electron chi connectivity index (χ1n) is 8.17. The van der Waals surface area contributed by atoms with Gasteiger partial charge in [-0.15, -0.1) is 11.3 Å². The van der Waals surface area contributed by atoms with E-state index in [4.69, 9.17) is 9.47 Å². The Hall–Kier alpha value is -1.77. The summed E-state index contributed by atoms with van der Waals surface area (Å²) in [6.45, 7) is 4.12. The lowest BCUT2D eigenvalue weighted by Crippen LogP contribution is -2.43. The van der Waals surface area contributed by atoms with Crippen molar-refractivity contribution < 1.29 is 14.3 Å². The fourth-order valence-corrected chi connectivity index (χ4v) is 4.20. The molecule has 7 nitrogen and oxygen atoms in total. The van der Waals surface area contributed by atoms with Crippen LogP contribution >= 0.6 is 11.3 Å². The molecule has 1 fully saturated rings. The summed E-state index contributed by atoms with van der Waals surface area (Å²) in [5.41, 5.74) is 1.32. The molecule has 2 aliphatic rings. The molecule has 0 saturated carbocycles. The molecule has 128 valence electrons. The van der Waals surface area contributed by atoms with Crippen LogP contribution in [-0.4, -0.2) is 52.3 Å². The third kappa shape index (κ3) is 3.09. The molecule has 0 radical (unpaired) electrons. The number of carbonyl (C=O) groups excluding carboxylic acids is 1. The second kappa shape index (κ2) is 6.62. The number of ether oxygens (including phenoxy) is 2. The molecular formula is C16H20N4O3S. The van der Waals surface area contributed by atoms with Gasteiger partial charge in [0.2, 0.25) is 5.91 Å². The fraction of sp³-hybridized carbons (Fsp3) is 0.562. The summed E-state index contributed by atoms with van der Waals surface area (Å²) in [7, 11) is 0. The van der Waals surface area contributed by atoms with Crippen molar-refractivity contribution in [2.75, 3.05) is 26.3 Å². The van der Waals surface area contributed by atoms with Crippen LogP contribution in [0.4, 0.5) is 0 Å². The maximum atomic E-state index is 12.7. The predicted octanol–water partition coefficient (Wildman–Crippen LogP) is 1.78. The molecule has 2 aromatic rings. The van der Waals surface area contributed by atoms with E-state index in [1.165, 1.54) is 10.4 Å². The minimum Gasteiger partial charge on any atom is -0.372 e. The largest absolute Gasteiger partial charge is 0.372 e. The number of thiophene rings is 1.